The van der Waals surface area contributed by atoms with Gasteiger partial charge in [0.15, 0.2) is 0 Å². The summed E-state index contributed by atoms with van der Waals surface area (Å²) >= 11 is 0. The van der Waals surface area contributed by atoms with E-state index in [4.69, 9.17) is 0 Å². The van der Waals surface area contributed by atoms with Crippen molar-refractivity contribution >= 4 is 22.7 Å². The summed E-state index contributed by atoms with van der Waals surface area (Å²) in [6, 6.07) is 10.4. The molecular weight excluding hydrogens is 330 g/mol. The van der Waals surface area contributed by atoms with E-state index in [1.807, 2.05) is 24.3 Å². The zero-order chi connectivity index (χ0) is 18.3. The molecule has 7 heteroatoms. The minimum absolute atomic E-state index is 0.172. The van der Waals surface area contributed by atoms with Crippen LogP contribution in [0.3, 0.4) is 0 Å². The Balaban J connectivity index is 1.68. The van der Waals surface area contributed by atoms with Crippen LogP contribution in [-0.4, -0.2) is 70.8 Å². The van der Waals surface area contributed by atoms with Gasteiger partial charge < -0.3 is 14.9 Å². The lowest BCUT2D eigenvalue weighted by atomic mass is 10.0. The number of benzene rings is 1. The highest BCUT2D eigenvalue weighted by Crippen LogP contribution is 2.31. The molecule has 134 valence electrons. The largest absolute Gasteiger partial charge is 0.465 e. The second-order valence-electron chi connectivity index (χ2n) is 7.02. The molecule has 0 bridgehead atoms. The summed E-state index contributed by atoms with van der Waals surface area (Å²) in [7, 11) is 0. The quantitative estimate of drug-likeness (QED) is 0.846. The third-order valence-electron chi connectivity index (χ3n) is 5.49. The van der Waals surface area contributed by atoms with Gasteiger partial charge in [-0.15, -0.1) is 0 Å². The van der Waals surface area contributed by atoms with Crippen molar-refractivity contribution in [3.63, 3.8) is 0 Å². The average molecular weight is 351 g/mol. The first-order valence-corrected chi connectivity index (χ1v) is 8.85. The number of aromatic nitrogens is 1. The highest BCUT2D eigenvalue weighted by atomic mass is 16.4. The lowest BCUT2D eigenvalue weighted by molar-refractivity contribution is 0.0367. The third-order valence-corrected chi connectivity index (χ3v) is 5.49. The molecule has 0 aliphatic carbocycles. The lowest BCUT2D eigenvalue weighted by Crippen LogP contribution is -2.65. The molecule has 1 aromatic heterocycles. The van der Waals surface area contributed by atoms with Crippen LogP contribution in [-0.2, 0) is 0 Å². The van der Waals surface area contributed by atoms with Gasteiger partial charge in [-0.1, -0.05) is 0 Å². The molecule has 1 amide bonds. The SMILES string of the molecule is C[C@@H]1CN(c2ccc(C#N)c3ncccc23)C[C@H]2CN(C(=O)O)CCN21. The number of nitriles is 1. The highest BCUT2D eigenvalue weighted by Gasteiger charge is 2.37. The molecule has 2 fully saturated rings. The van der Waals surface area contributed by atoms with Crippen LogP contribution in [0, 0.1) is 11.3 Å². The summed E-state index contributed by atoms with van der Waals surface area (Å²) < 4.78 is 0. The zero-order valence-electron chi connectivity index (χ0n) is 14.7. The van der Waals surface area contributed by atoms with Gasteiger partial charge in [0.1, 0.15) is 6.07 Å². The van der Waals surface area contributed by atoms with Gasteiger partial charge in [0, 0.05) is 62.1 Å². The smallest absolute Gasteiger partial charge is 0.407 e. The number of fused-ring (bicyclic) bond motifs is 2. The predicted octanol–water partition coefficient (Wildman–Crippen LogP) is 1.98. The van der Waals surface area contributed by atoms with Crippen molar-refractivity contribution in [3.05, 3.63) is 36.0 Å². The van der Waals surface area contributed by atoms with Crippen molar-refractivity contribution in [1.82, 2.24) is 14.8 Å². The standard InChI is InChI=1S/C19H21N5O2/c1-13-10-23(12-15-11-22(19(25)26)7-8-24(13)15)17-5-4-14(9-20)18-16(17)3-2-6-21-18/h2-6,13,15H,7-8,10-12H2,1H3,(H,25,26)/t13-,15-/m1/s1. The number of carboxylic acid groups (broad SMARTS) is 1. The molecule has 2 aromatic rings. The maximum atomic E-state index is 11.4. The third kappa shape index (κ3) is 2.72. The van der Waals surface area contributed by atoms with Gasteiger partial charge in [-0.3, -0.25) is 9.88 Å². The maximum Gasteiger partial charge on any atom is 0.407 e. The van der Waals surface area contributed by atoms with Gasteiger partial charge in [0.2, 0.25) is 0 Å². The molecule has 7 nitrogen and oxygen atoms in total. The Bertz CT molecular complexity index is 893. The predicted molar refractivity (Wildman–Crippen MR) is 98.2 cm³/mol. The second kappa shape index (κ2) is 6.46. The van der Waals surface area contributed by atoms with Crippen LogP contribution in [0.1, 0.15) is 12.5 Å². The summed E-state index contributed by atoms with van der Waals surface area (Å²) in [5, 5.41) is 19.6. The minimum atomic E-state index is -0.845. The van der Waals surface area contributed by atoms with Crippen molar-refractivity contribution in [2.24, 2.45) is 0 Å². The summed E-state index contributed by atoms with van der Waals surface area (Å²) in [6.45, 7) is 5.72. The molecule has 2 saturated heterocycles. The number of anilines is 1. The fourth-order valence-electron chi connectivity index (χ4n) is 4.26. The summed E-state index contributed by atoms with van der Waals surface area (Å²) in [6.07, 6.45) is 0.863. The van der Waals surface area contributed by atoms with Gasteiger partial charge in [-0.05, 0) is 31.2 Å². The molecule has 0 saturated carbocycles. The highest BCUT2D eigenvalue weighted by molar-refractivity contribution is 5.95. The van der Waals surface area contributed by atoms with E-state index in [9.17, 15) is 15.2 Å². The maximum absolute atomic E-state index is 11.4. The number of piperazine rings is 2. The monoisotopic (exact) mass is 351 g/mol. The molecule has 2 aliphatic heterocycles. The zero-order valence-corrected chi connectivity index (χ0v) is 14.7. The molecule has 26 heavy (non-hydrogen) atoms. The number of pyridine rings is 1. The number of amides is 1. The number of carbonyl (C=O) groups is 1. The van der Waals surface area contributed by atoms with Crippen LogP contribution < -0.4 is 4.90 Å². The number of hydrogen-bond donors (Lipinski definition) is 1. The lowest BCUT2D eigenvalue weighted by Gasteiger charge is -2.50. The molecule has 0 radical (unpaired) electrons. The Hall–Kier alpha value is -2.85. The Morgan fingerprint density at radius 1 is 1.27 bits per heavy atom. The summed E-state index contributed by atoms with van der Waals surface area (Å²) in [5.41, 5.74) is 2.36. The van der Waals surface area contributed by atoms with E-state index in [0.29, 0.717) is 24.7 Å². The van der Waals surface area contributed by atoms with Gasteiger partial charge >= 0.3 is 6.09 Å². The van der Waals surface area contributed by atoms with Crippen LogP contribution in [0.25, 0.3) is 10.9 Å². The van der Waals surface area contributed by atoms with Crippen LogP contribution in [0.5, 0.6) is 0 Å². The molecule has 0 spiro atoms. The molecule has 1 N–H and O–H groups in total. The number of nitrogens with zero attached hydrogens (tertiary/aromatic N) is 5. The second-order valence-corrected chi connectivity index (χ2v) is 7.02. The van der Waals surface area contributed by atoms with Crippen molar-refractivity contribution in [2.45, 2.75) is 19.0 Å². The van der Waals surface area contributed by atoms with Gasteiger partial charge in [-0.25, -0.2) is 4.79 Å². The van der Waals surface area contributed by atoms with Crippen LogP contribution in [0.15, 0.2) is 30.5 Å². The van der Waals surface area contributed by atoms with E-state index >= 15 is 0 Å². The van der Waals surface area contributed by atoms with Crippen molar-refractivity contribution in [2.75, 3.05) is 37.6 Å². The molecule has 3 heterocycles. The fourth-order valence-corrected chi connectivity index (χ4v) is 4.26. The first-order chi connectivity index (χ1) is 12.6. The van der Waals surface area contributed by atoms with E-state index in [1.165, 1.54) is 4.90 Å². The number of hydrogen-bond acceptors (Lipinski definition) is 5. The molecule has 4 rings (SSSR count). The Kier molecular flexibility index (Phi) is 4.13. The van der Waals surface area contributed by atoms with E-state index in [0.717, 1.165) is 36.2 Å². The molecule has 1 aromatic carbocycles. The number of rotatable bonds is 1. The topological polar surface area (TPSA) is 83.7 Å². The van der Waals surface area contributed by atoms with Crippen molar-refractivity contribution in [1.29, 1.82) is 5.26 Å². The molecule has 2 aliphatic rings. The molecular formula is C19H21N5O2. The molecule has 0 unspecified atom stereocenters. The van der Waals surface area contributed by atoms with Crippen molar-refractivity contribution < 1.29 is 9.90 Å². The van der Waals surface area contributed by atoms with Crippen LogP contribution >= 0.6 is 0 Å². The Morgan fingerprint density at radius 2 is 2.12 bits per heavy atom. The summed E-state index contributed by atoms with van der Waals surface area (Å²) in [4.78, 5) is 22.0. The van der Waals surface area contributed by atoms with Gasteiger partial charge in [-0.2, -0.15) is 5.26 Å². The average Bonchev–Trinajstić information content (AvgIpc) is 2.66. The van der Waals surface area contributed by atoms with Crippen molar-refractivity contribution in [3.8, 4) is 6.07 Å². The van der Waals surface area contributed by atoms with Gasteiger partial charge in [0.05, 0.1) is 11.1 Å². The summed E-state index contributed by atoms with van der Waals surface area (Å²) in [5.74, 6) is 0. The minimum Gasteiger partial charge on any atom is -0.465 e. The van der Waals surface area contributed by atoms with Crippen LogP contribution in [0.2, 0.25) is 0 Å². The normalized spacial score (nSPS) is 23.5. The van der Waals surface area contributed by atoms with E-state index in [2.05, 4.69) is 27.8 Å². The first-order valence-electron chi connectivity index (χ1n) is 8.85. The van der Waals surface area contributed by atoms with Crippen LogP contribution in [0.4, 0.5) is 10.5 Å². The van der Waals surface area contributed by atoms with E-state index in [-0.39, 0.29) is 6.04 Å². The Labute approximate surface area is 152 Å². The molecule has 2 atom stereocenters. The van der Waals surface area contributed by atoms with E-state index in [1.54, 1.807) is 6.20 Å². The Morgan fingerprint density at radius 3 is 2.88 bits per heavy atom. The first kappa shape index (κ1) is 16.6. The van der Waals surface area contributed by atoms with E-state index < -0.39 is 6.09 Å². The fraction of sp³-hybridized carbons (Fsp3) is 0.421. The van der Waals surface area contributed by atoms with Gasteiger partial charge in [0.25, 0.3) is 0 Å².